The maximum Gasteiger partial charge on any atom is 0.281 e. The van der Waals surface area contributed by atoms with Crippen LogP contribution in [0.2, 0.25) is 0 Å². The number of hydrogen-bond acceptors (Lipinski definition) is 3. The van der Waals surface area contributed by atoms with E-state index in [2.05, 4.69) is 12.2 Å². The van der Waals surface area contributed by atoms with E-state index in [-0.39, 0.29) is 6.04 Å². The zero-order valence-corrected chi connectivity index (χ0v) is 14.2. The molecule has 5 nitrogen and oxygen atoms in total. The Morgan fingerprint density at radius 3 is 2.35 bits per heavy atom. The molecule has 1 N–H and O–H groups in total. The van der Waals surface area contributed by atoms with Crippen LogP contribution in [0.25, 0.3) is 0 Å². The van der Waals surface area contributed by atoms with Gasteiger partial charge in [-0.05, 0) is 52.1 Å². The topological polar surface area (TPSA) is 52.7 Å². The monoisotopic (exact) mass is 305 g/mol. The van der Waals surface area contributed by atoms with Gasteiger partial charge in [0.05, 0.1) is 0 Å². The van der Waals surface area contributed by atoms with Gasteiger partial charge >= 0.3 is 0 Å². The van der Waals surface area contributed by atoms with Crippen molar-refractivity contribution < 1.29 is 8.42 Å². The Balaban J connectivity index is 2.72. The standard InChI is InChI=1S/C14H31N3O2S/c1-5-6-11-16(4)20(18,19)17(13(2)3)12-14-7-9-15-10-8-14/h13-15H,5-12H2,1-4H3. The summed E-state index contributed by atoms with van der Waals surface area (Å²) in [6.07, 6.45) is 4.06. The zero-order valence-electron chi connectivity index (χ0n) is 13.4. The summed E-state index contributed by atoms with van der Waals surface area (Å²) in [6.45, 7) is 9.27. The van der Waals surface area contributed by atoms with E-state index in [1.165, 1.54) is 4.31 Å². The number of piperidine rings is 1. The summed E-state index contributed by atoms with van der Waals surface area (Å²) < 4.78 is 28.6. The molecule has 0 radical (unpaired) electrons. The molecule has 120 valence electrons. The van der Waals surface area contributed by atoms with Crippen LogP contribution in [0.4, 0.5) is 0 Å². The van der Waals surface area contributed by atoms with Crippen molar-refractivity contribution in [1.82, 2.24) is 13.9 Å². The molecule has 0 aliphatic carbocycles. The van der Waals surface area contributed by atoms with Gasteiger partial charge in [-0.3, -0.25) is 0 Å². The fraction of sp³-hybridized carbons (Fsp3) is 1.00. The Hall–Kier alpha value is -0.170. The number of rotatable bonds is 8. The molecule has 0 bridgehead atoms. The lowest BCUT2D eigenvalue weighted by atomic mass is 9.98. The van der Waals surface area contributed by atoms with Crippen LogP contribution in [0.15, 0.2) is 0 Å². The molecule has 1 fully saturated rings. The zero-order chi connectivity index (χ0) is 15.2. The maximum atomic E-state index is 12.7. The van der Waals surface area contributed by atoms with Crippen molar-refractivity contribution >= 4 is 10.2 Å². The largest absolute Gasteiger partial charge is 0.317 e. The number of unbranched alkanes of at least 4 members (excludes halogenated alkanes) is 1. The smallest absolute Gasteiger partial charge is 0.281 e. The van der Waals surface area contributed by atoms with Crippen LogP contribution in [0.5, 0.6) is 0 Å². The summed E-state index contributed by atoms with van der Waals surface area (Å²) >= 11 is 0. The predicted molar refractivity (Wildman–Crippen MR) is 83.9 cm³/mol. The third kappa shape index (κ3) is 4.98. The molecule has 0 atom stereocenters. The van der Waals surface area contributed by atoms with Gasteiger partial charge in [0.25, 0.3) is 10.2 Å². The molecule has 0 aromatic rings. The summed E-state index contributed by atoms with van der Waals surface area (Å²) in [6, 6.07) is 0.0129. The van der Waals surface area contributed by atoms with Crippen molar-refractivity contribution in [3.63, 3.8) is 0 Å². The molecular weight excluding hydrogens is 274 g/mol. The lowest BCUT2D eigenvalue weighted by molar-refractivity contribution is 0.246. The quantitative estimate of drug-likeness (QED) is 0.742. The average Bonchev–Trinajstić information content (AvgIpc) is 2.42. The number of hydrogen-bond donors (Lipinski definition) is 1. The van der Waals surface area contributed by atoms with Crippen LogP contribution in [-0.2, 0) is 10.2 Å². The Bertz CT molecular complexity index is 365. The first-order valence-corrected chi connectivity index (χ1v) is 9.23. The molecule has 20 heavy (non-hydrogen) atoms. The van der Waals surface area contributed by atoms with Crippen molar-refractivity contribution in [3.8, 4) is 0 Å². The highest BCUT2D eigenvalue weighted by atomic mass is 32.2. The maximum absolute atomic E-state index is 12.7. The molecule has 0 unspecified atom stereocenters. The Kier molecular flexibility index (Phi) is 7.43. The van der Waals surface area contributed by atoms with Crippen LogP contribution in [0.1, 0.15) is 46.5 Å². The summed E-state index contributed by atoms with van der Waals surface area (Å²) in [4.78, 5) is 0. The van der Waals surface area contributed by atoms with Gasteiger partial charge in [-0.2, -0.15) is 17.0 Å². The van der Waals surface area contributed by atoms with Crippen molar-refractivity contribution in [2.24, 2.45) is 5.92 Å². The average molecular weight is 305 g/mol. The van der Waals surface area contributed by atoms with Crippen LogP contribution in [0, 0.1) is 5.92 Å². The van der Waals surface area contributed by atoms with Crippen molar-refractivity contribution in [2.75, 3.05) is 33.2 Å². The SMILES string of the molecule is CCCCN(C)S(=O)(=O)N(CC1CCNCC1)C(C)C. The van der Waals surface area contributed by atoms with Gasteiger partial charge < -0.3 is 5.32 Å². The first-order valence-electron chi connectivity index (χ1n) is 7.83. The van der Waals surface area contributed by atoms with Crippen LogP contribution in [-0.4, -0.2) is 56.3 Å². The van der Waals surface area contributed by atoms with Gasteiger partial charge in [0.1, 0.15) is 0 Å². The number of nitrogens with zero attached hydrogens (tertiary/aromatic N) is 2. The third-order valence-corrected chi connectivity index (χ3v) is 6.12. The number of nitrogens with one attached hydrogen (secondary N) is 1. The predicted octanol–water partition coefficient (Wildman–Crippen LogP) is 1.67. The molecule has 0 aromatic carbocycles. The van der Waals surface area contributed by atoms with E-state index < -0.39 is 10.2 Å². The fourth-order valence-corrected chi connectivity index (χ4v) is 4.22. The van der Waals surface area contributed by atoms with E-state index in [1.807, 2.05) is 13.8 Å². The lowest BCUT2D eigenvalue weighted by Crippen LogP contribution is -2.48. The second kappa shape index (κ2) is 8.32. The summed E-state index contributed by atoms with van der Waals surface area (Å²) in [5.74, 6) is 0.480. The van der Waals surface area contributed by atoms with Crippen LogP contribution < -0.4 is 5.32 Å². The van der Waals surface area contributed by atoms with E-state index in [0.29, 0.717) is 19.0 Å². The molecule has 6 heteroatoms. The second-order valence-corrected chi connectivity index (χ2v) is 8.03. The molecule has 1 rings (SSSR count). The van der Waals surface area contributed by atoms with Crippen molar-refractivity contribution in [3.05, 3.63) is 0 Å². The van der Waals surface area contributed by atoms with E-state index in [9.17, 15) is 8.42 Å². The Labute approximate surface area is 124 Å². The molecule has 0 spiro atoms. The third-order valence-electron chi connectivity index (χ3n) is 3.99. The van der Waals surface area contributed by atoms with Gasteiger partial charge in [-0.15, -0.1) is 0 Å². The van der Waals surface area contributed by atoms with E-state index in [1.54, 1.807) is 11.4 Å². The first kappa shape index (κ1) is 17.9. The van der Waals surface area contributed by atoms with Gasteiger partial charge in [0, 0.05) is 26.2 Å². The molecule has 0 aromatic heterocycles. The summed E-state index contributed by atoms with van der Waals surface area (Å²) in [5, 5.41) is 3.33. The van der Waals surface area contributed by atoms with E-state index in [4.69, 9.17) is 0 Å². The van der Waals surface area contributed by atoms with Crippen LogP contribution in [0.3, 0.4) is 0 Å². The fourth-order valence-electron chi connectivity index (χ4n) is 2.57. The Morgan fingerprint density at radius 1 is 1.25 bits per heavy atom. The van der Waals surface area contributed by atoms with Gasteiger partial charge in [0.2, 0.25) is 0 Å². The highest BCUT2D eigenvalue weighted by Crippen LogP contribution is 2.19. The Morgan fingerprint density at radius 2 is 1.85 bits per heavy atom. The van der Waals surface area contributed by atoms with Crippen LogP contribution >= 0.6 is 0 Å². The molecule has 1 heterocycles. The highest BCUT2D eigenvalue weighted by molar-refractivity contribution is 7.86. The van der Waals surface area contributed by atoms with E-state index in [0.717, 1.165) is 38.8 Å². The van der Waals surface area contributed by atoms with Gasteiger partial charge in [-0.25, -0.2) is 0 Å². The molecular formula is C14H31N3O2S. The van der Waals surface area contributed by atoms with Crippen molar-refractivity contribution in [2.45, 2.75) is 52.5 Å². The van der Waals surface area contributed by atoms with Gasteiger partial charge in [0.15, 0.2) is 0 Å². The molecule has 1 saturated heterocycles. The van der Waals surface area contributed by atoms with Crippen molar-refractivity contribution in [1.29, 1.82) is 0 Å². The minimum atomic E-state index is -3.33. The normalized spacial score (nSPS) is 18.4. The van der Waals surface area contributed by atoms with E-state index >= 15 is 0 Å². The first-order chi connectivity index (χ1) is 9.39. The minimum Gasteiger partial charge on any atom is -0.317 e. The molecule has 0 amide bonds. The molecule has 0 saturated carbocycles. The summed E-state index contributed by atoms with van der Waals surface area (Å²) in [7, 11) is -1.63. The molecule has 1 aliphatic rings. The lowest BCUT2D eigenvalue weighted by Gasteiger charge is -2.34. The molecule has 1 aliphatic heterocycles. The second-order valence-electron chi connectivity index (χ2n) is 6.04. The highest BCUT2D eigenvalue weighted by Gasteiger charge is 2.31. The summed E-state index contributed by atoms with van der Waals surface area (Å²) in [5.41, 5.74) is 0. The minimum absolute atomic E-state index is 0.0129. The van der Waals surface area contributed by atoms with Gasteiger partial charge in [-0.1, -0.05) is 13.3 Å².